The lowest BCUT2D eigenvalue weighted by Gasteiger charge is -2.59. The molecular weight excluding hydrogens is 406 g/mol. The number of aliphatic hydroxyl groups excluding tert-OH is 1. The average molecular weight is 458 g/mol. The lowest BCUT2D eigenvalue weighted by atomic mass is 9.45. The fraction of sp³-hybridized carbons (Fsp3) is 0.900. The Bertz CT molecular complexity index is 756. The number of fused-ring (bicyclic) bond motifs is 5. The third kappa shape index (κ3) is 4.28. The second kappa shape index (κ2) is 9.41. The second-order valence-corrected chi connectivity index (χ2v) is 13.5. The Kier molecular flexibility index (Phi) is 7.25. The maximum atomic E-state index is 13.0. The second-order valence-electron chi connectivity index (χ2n) is 13.5. The Morgan fingerprint density at radius 2 is 1.79 bits per heavy atom. The quantitative estimate of drug-likeness (QED) is 0.427. The van der Waals surface area contributed by atoms with Crippen molar-refractivity contribution in [2.75, 3.05) is 0 Å². The van der Waals surface area contributed by atoms with Gasteiger partial charge in [-0.15, -0.1) is 0 Å². The van der Waals surface area contributed by atoms with Gasteiger partial charge < -0.3 is 10.8 Å². The van der Waals surface area contributed by atoms with E-state index in [2.05, 4.69) is 40.7 Å². The molecule has 4 rings (SSSR count). The molecule has 0 aromatic carbocycles. The highest BCUT2D eigenvalue weighted by atomic mass is 16.3. The Morgan fingerprint density at radius 1 is 1.06 bits per heavy atom. The van der Waals surface area contributed by atoms with Crippen molar-refractivity contribution in [1.82, 2.24) is 0 Å². The topological polar surface area (TPSA) is 63.3 Å². The summed E-state index contributed by atoms with van der Waals surface area (Å²) in [5, 5.41) is 10.8. The molecule has 33 heavy (non-hydrogen) atoms. The maximum Gasteiger partial charge on any atom is 0.158 e. The number of allylic oxidation sites excluding steroid dienone is 1. The lowest BCUT2D eigenvalue weighted by Crippen LogP contribution is -2.54. The van der Waals surface area contributed by atoms with Gasteiger partial charge >= 0.3 is 0 Å². The molecule has 3 fully saturated rings. The van der Waals surface area contributed by atoms with Crippen LogP contribution in [0.2, 0.25) is 0 Å². The smallest absolute Gasteiger partial charge is 0.158 e. The van der Waals surface area contributed by atoms with Crippen LogP contribution in [-0.4, -0.2) is 23.0 Å². The summed E-state index contributed by atoms with van der Waals surface area (Å²) >= 11 is 0. The van der Waals surface area contributed by atoms with Crippen molar-refractivity contribution in [2.45, 2.75) is 118 Å². The summed E-state index contributed by atoms with van der Waals surface area (Å²) in [5.74, 6) is 4.39. The SMILES string of the molecule is CC(C)CCC[C@@H](C)[C@H]1CC[C@H]2[C@@H]3CC=C4C(C(=O)[C@H](C)N)[C@@H](O)CC[C@]4(C)[C@H]3CC[C@]12C. The van der Waals surface area contributed by atoms with Crippen LogP contribution in [0.4, 0.5) is 0 Å². The Morgan fingerprint density at radius 3 is 2.45 bits per heavy atom. The number of ketones is 1. The van der Waals surface area contributed by atoms with Crippen molar-refractivity contribution < 1.29 is 9.90 Å². The molecule has 0 amide bonds. The summed E-state index contributed by atoms with van der Waals surface area (Å²) in [6.07, 6.45) is 14.2. The van der Waals surface area contributed by atoms with E-state index in [1.807, 2.05) is 0 Å². The number of aliphatic hydroxyl groups is 1. The van der Waals surface area contributed by atoms with Crippen LogP contribution in [0.15, 0.2) is 11.6 Å². The highest BCUT2D eigenvalue weighted by Gasteiger charge is 2.60. The maximum absolute atomic E-state index is 13.0. The zero-order valence-corrected chi connectivity index (χ0v) is 22.3. The van der Waals surface area contributed by atoms with E-state index in [1.54, 1.807) is 6.92 Å². The van der Waals surface area contributed by atoms with E-state index in [4.69, 9.17) is 5.73 Å². The largest absolute Gasteiger partial charge is 0.392 e. The third-order valence-electron chi connectivity index (χ3n) is 11.2. The van der Waals surface area contributed by atoms with Gasteiger partial charge in [0.1, 0.15) is 0 Å². The van der Waals surface area contributed by atoms with E-state index in [0.29, 0.717) is 11.3 Å². The number of rotatable bonds is 7. The van der Waals surface area contributed by atoms with Crippen molar-refractivity contribution in [3.8, 4) is 0 Å². The molecule has 0 bridgehead atoms. The van der Waals surface area contributed by atoms with Gasteiger partial charge in [0.05, 0.1) is 18.1 Å². The molecule has 188 valence electrons. The van der Waals surface area contributed by atoms with Crippen molar-refractivity contribution in [1.29, 1.82) is 0 Å². The van der Waals surface area contributed by atoms with Gasteiger partial charge in [-0.25, -0.2) is 0 Å². The number of nitrogens with two attached hydrogens (primary N) is 1. The molecule has 4 aliphatic rings. The summed E-state index contributed by atoms with van der Waals surface area (Å²) in [6, 6.07) is -0.506. The van der Waals surface area contributed by atoms with Crippen LogP contribution in [0.25, 0.3) is 0 Å². The van der Waals surface area contributed by atoms with E-state index in [9.17, 15) is 9.90 Å². The van der Waals surface area contributed by atoms with Gasteiger partial charge in [-0.2, -0.15) is 0 Å². The summed E-state index contributed by atoms with van der Waals surface area (Å²) < 4.78 is 0. The minimum atomic E-state index is -0.559. The van der Waals surface area contributed by atoms with Crippen LogP contribution in [0.3, 0.4) is 0 Å². The normalized spacial score (nSPS) is 44.5. The van der Waals surface area contributed by atoms with Crippen molar-refractivity contribution in [2.24, 2.45) is 58.0 Å². The van der Waals surface area contributed by atoms with Gasteiger partial charge in [0, 0.05) is 0 Å². The van der Waals surface area contributed by atoms with E-state index in [0.717, 1.165) is 48.9 Å². The predicted molar refractivity (Wildman–Crippen MR) is 137 cm³/mol. The van der Waals surface area contributed by atoms with Crippen LogP contribution in [0, 0.1) is 52.3 Å². The highest BCUT2D eigenvalue weighted by Crippen LogP contribution is 2.67. The summed E-state index contributed by atoms with van der Waals surface area (Å²) in [6.45, 7) is 14.1. The fourth-order valence-corrected chi connectivity index (χ4v) is 9.40. The molecule has 3 heteroatoms. The fourth-order valence-electron chi connectivity index (χ4n) is 9.40. The molecule has 0 aromatic rings. The first-order valence-electron chi connectivity index (χ1n) is 14.2. The molecule has 4 aliphatic carbocycles. The average Bonchev–Trinajstić information content (AvgIpc) is 3.10. The van der Waals surface area contributed by atoms with Gasteiger partial charge in [-0.3, -0.25) is 4.79 Å². The Hall–Kier alpha value is -0.670. The van der Waals surface area contributed by atoms with Crippen LogP contribution in [0.1, 0.15) is 106 Å². The van der Waals surface area contributed by atoms with Crippen molar-refractivity contribution in [3.05, 3.63) is 11.6 Å². The molecule has 10 atom stereocenters. The number of carbonyl (C=O) groups excluding carboxylic acids is 1. The van der Waals surface area contributed by atoms with Crippen molar-refractivity contribution in [3.63, 3.8) is 0 Å². The van der Waals surface area contributed by atoms with Crippen LogP contribution < -0.4 is 5.73 Å². The number of carbonyl (C=O) groups is 1. The minimum absolute atomic E-state index is 0.0370. The first-order chi connectivity index (χ1) is 15.5. The van der Waals surface area contributed by atoms with Crippen LogP contribution in [-0.2, 0) is 4.79 Å². The zero-order chi connectivity index (χ0) is 24.1. The molecule has 0 heterocycles. The number of hydrogen-bond acceptors (Lipinski definition) is 3. The third-order valence-corrected chi connectivity index (χ3v) is 11.2. The van der Waals surface area contributed by atoms with Crippen LogP contribution >= 0.6 is 0 Å². The number of hydrogen-bond donors (Lipinski definition) is 2. The Labute approximate surface area is 203 Å². The first-order valence-corrected chi connectivity index (χ1v) is 14.2. The monoisotopic (exact) mass is 457 g/mol. The summed E-state index contributed by atoms with van der Waals surface area (Å²) in [7, 11) is 0. The van der Waals surface area contributed by atoms with E-state index in [-0.39, 0.29) is 17.1 Å². The van der Waals surface area contributed by atoms with Crippen LogP contribution in [0.5, 0.6) is 0 Å². The van der Waals surface area contributed by atoms with Crippen molar-refractivity contribution >= 4 is 5.78 Å². The van der Waals surface area contributed by atoms with Gasteiger partial charge in [-0.1, -0.05) is 65.5 Å². The highest BCUT2D eigenvalue weighted by molar-refractivity contribution is 5.89. The van der Waals surface area contributed by atoms with Gasteiger partial charge in [0.2, 0.25) is 0 Å². The summed E-state index contributed by atoms with van der Waals surface area (Å²) in [4.78, 5) is 13.0. The molecular formula is C30H51NO2. The van der Waals surface area contributed by atoms with Gasteiger partial charge in [0.15, 0.2) is 5.78 Å². The molecule has 3 saturated carbocycles. The van der Waals surface area contributed by atoms with E-state index >= 15 is 0 Å². The van der Waals surface area contributed by atoms with Gasteiger partial charge in [0.25, 0.3) is 0 Å². The number of Topliss-reactive ketones (excluding diaryl/α,β-unsaturated/α-hetero) is 1. The standard InChI is InChI=1S/C30H51NO2/c1-18(2)8-7-9-19(3)22-12-13-23-21-10-11-25-27(28(33)20(4)31)26(32)15-17-30(25,6)24(21)14-16-29(22,23)5/h11,18-24,26-27,32H,7-10,12-17,31H2,1-6H3/t19-,20+,21+,22-,23+,24+,26+,27?,29-,30-/m1/s1. The molecule has 3 nitrogen and oxygen atoms in total. The summed E-state index contributed by atoms with van der Waals surface area (Å²) in [5.41, 5.74) is 7.80. The molecule has 1 unspecified atom stereocenters. The zero-order valence-electron chi connectivity index (χ0n) is 22.3. The van der Waals surface area contributed by atoms with E-state index < -0.39 is 12.1 Å². The predicted octanol–water partition coefficient (Wildman–Crippen LogP) is 6.53. The Balaban J connectivity index is 1.55. The molecule has 0 radical (unpaired) electrons. The first kappa shape index (κ1) is 25.4. The van der Waals surface area contributed by atoms with E-state index in [1.165, 1.54) is 50.5 Å². The molecule has 0 aromatic heterocycles. The molecule has 0 saturated heterocycles. The molecule has 0 spiro atoms. The minimum Gasteiger partial charge on any atom is -0.392 e. The molecule has 0 aliphatic heterocycles. The van der Waals surface area contributed by atoms with Gasteiger partial charge in [-0.05, 0) is 98.2 Å². The molecule has 3 N–H and O–H groups in total. The lowest BCUT2D eigenvalue weighted by molar-refractivity contribution is -0.130.